The Morgan fingerprint density at radius 3 is 2.25 bits per heavy atom. The lowest BCUT2D eigenvalue weighted by atomic mass is 10.0. The first-order chi connectivity index (χ1) is 5.55. The highest BCUT2D eigenvalue weighted by molar-refractivity contribution is 5.00. The quantitative estimate of drug-likeness (QED) is 0.667. The van der Waals surface area contributed by atoms with E-state index in [1.807, 2.05) is 0 Å². The third-order valence-corrected chi connectivity index (χ3v) is 2.10. The standard InChI is InChI=1S/C9H19N3/c1-4-12(5-2)7-6-9(3,11)8-10/h4-7,11H2,1-3H3. The van der Waals surface area contributed by atoms with Gasteiger partial charge in [0, 0.05) is 6.54 Å². The van der Waals surface area contributed by atoms with Gasteiger partial charge in [-0.2, -0.15) is 5.26 Å². The number of rotatable bonds is 5. The van der Waals surface area contributed by atoms with Gasteiger partial charge in [0.1, 0.15) is 5.54 Å². The number of hydrogen-bond acceptors (Lipinski definition) is 3. The summed E-state index contributed by atoms with van der Waals surface area (Å²) in [5.74, 6) is 0. The van der Waals surface area contributed by atoms with Crippen molar-refractivity contribution < 1.29 is 0 Å². The molecule has 0 heterocycles. The predicted molar refractivity (Wildman–Crippen MR) is 50.6 cm³/mol. The fourth-order valence-electron chi connectivity index (χ4n) is 0.986. The number of nitrogens with zero attached hydrogens (tertiary/aromatic N) is 2. The van der Waals surface area contributed by atoms with Crippen molar-refractivity contribution in [1.82, 2.24) is 4.90 Å². The molecule has 0 fully saturated rings. The first-order valence-electron chi connectivity index (χ1n) is 4.48. The molecular formula is C9H19N3. The van der Waals surface area contributed by atoms with Crippen LogP contribution in [0.1, 0.15) is 27.2 Å². The van der Waals surface area contributed by atoms with Crippen LogP contribution in [0.4, 0.5) is 0 Å². The maximum Gasteiger partial charge on any atom is 0.102 e. The van der Waals surface area contributed by atoms with E-state index in [-0.39, 0.29) is 0 Å². The van der Waals surface area contributed by atoms with Crippen molar-refractivity contribution in [2.45, 2.75) is 32.7 Å². The van der Waals surface area contributed by atoms with Gasteiger partial charge in [0.15, 0.2) is 0 Å². The van der Waals surface area contributed by atoms with Crippen molar-refractivity contribution in [3.05, 3.63) is 0 Å². The maximum absolute atomic E-state index is 8.66. The lowest BCUT2D eigenvalue weighted by Crippen LogP contribution is -2.38. The molecule has 1 atom stereocenters. The molecule has 0 aliphatic carbocycles. The SMILES string of the molecule is CCN(CC)CCC(C)(N)C#N. The second-order valence-corrected chi connectivity index (χ2v) is 3.31. The van der Waals surface area contributed by atoms with Gasteiger partial charge < -0.3 is 10.6 Å². The zero-order valence-electron chi connectivity index (χ0n) is 8.30. The topological polar surface area (TPSA) is 53.0 Å². The molecular weight excluding hydrogens is 150 g/mol. The van der Waals surface area contributed by atoms with Gasteiger partial charge in [0.2, 0.25) is 0 Å². The number of nitrogens with two attached hydrogens (primary N) is 1. The van der Waals surface area contributed by atoms with Crippen LogP contribution in [0.3, 0.4) is 0 Å². The van der Waals surface area contributed by atoms with Crippen LogP contribution in [0.25, 0.3) is 0 Å². The van der Waals surface area contributed by atoms with E-state index in [2.05, 4.69) is 24.8 Å². The summed E-state index contributed by atoms with van der Waals surface area (Å²) in [6.07, 6.45) is 0.741. The minimum atomic E-state index is -0.664. The second-order valence-electron chi connectivity index (χ2n) is 3.31. The molecule has 3 nitrogen and oxygen atoms in total. The molecule has 0 spiro atoms. The van der Waals surface area contributed by atoms with Gasteiger partial charge in [-0.15, -0.1) is 0 Å². The Bertz CT molecular complexity index is 154. The number of nitriles is 1. The van der Waals surface area contributed by atoms with Crippen molar-refractivity contribution in [3.8, 4) is 6.07 Å². The molecule has 70 valence electrons. The molecule has 3 heteroatoms. The smallest absolute Gasteiger partial charge is 0.102 e. The molecule has 0 aliphatic rings. The summed E-state index contributed by atoms with van der Waals surface area (Å²) in [5.41, 5.74) is 5.02. The maximum atomic E-state index is 8.66. The van der Waals surface area contributed by atoms with Gasteiger partial charge in [0.25, 0.3) is 0 Å². The van der Waals surface area contributed by atoms with E-state index < -0.39 is 5.54 Å². The van der Waals surface area contributed by atoms with E-state index >= 15 is 0 Å². The van der Waals surface area contributed by atoms with E-state index in [0.29, 0.717) is 0 Å². The molecule has 2 N–H and O–H groups in total. The van der Waals surface area contributed by atoms with E-state index in [1.54, 1.807) is 6.92 Å². The van der Waals surface area contributed by atoms with Crippen LogP contribution in [0.5, 0.6) is 0 Å². The van der Waals surface area contributed by atoms with Crippen molar-refractivity contribution in [1.29, 1.82) is 5.26 Å². The Labute approximate surface area is 75.2 Å². The molecule has 0 bridgehead atoms. The molecule has 0 amide bonds. The summed E-state index contributed by atoms with van der Waals surface area (Å²) in [6, 6.07) is 2.10. The summed E-state index contributed by atoms with van der Waals surface area (Å²) >= 11 is 0. The Morgan fingerprint density at radius 1 is 1.42 bits per heavy atom. The van der Waals surface area contributed by atoms with Gasteiger partial charge in [-0.1, -0.05) is 13.8 Å². The summed E-state index contributed by atoms with van der Waals surface area (Å²) < 4.78 is 0. The fourth-order valence-corrected chi connectivity index (χ4v) is 0.986. The first kappa shape index (κ1) is 11.4. The largest absolute Gasteiger partial charge is 0.314 e. The molecule has 0 aliphatic heterocycles. The monoisotopic (exact) mass is 169 g/mol. The van der Waals surface area contributed by atoms with Crippen molar-refractivity contribution in [2.75, 3.05) is 19.6 Å². The lowest BCUT2D eigenvalue weighted by molar-refractivity contribution is 0.281. The van der Waals surface area contributed by atoms with E-state index in [9.17, 15) is 0 Å². The lowest BCUT2D eigenvalue weighted by Gasteiger charge is -2.22. The van der Waals surface area contributed by atoms with Crippen LogP contribution in [0.2, 0.25) is 0 Å². The normalized spacial score (nSPS) is 15.7. The zero-order valence-corrected chi connectivity index (χ0v) is 8.30. The molecule has 1 unspecified atom stereocenters. The van der Waals surface area contributed by atoms with E-state index in [4.69, 9.17) is 11.0 Å². The van der Waals surface area contributed by atoms with Gasteiger partial charge in [-0.3, -0.25) is 0 Å². The Morgan fingerprint density at radius 2 is 1.92 bits per heavy atom. The number of hydrogen-bond donors (Lipinski definition) is 1. The summed E-state index contributed by atoms with van der Waals surface area (Å²) in [6.45, 7) is 8.97. The van der Waals surface area contributed by atoms with Crippen molar-refractivity contribution >= 4 is 0 Å². The Kier molecular flexibility index (Phi) is 4.87. The van der Waals surface area contributed by atoms with E-state index in [0.717, 1.165) is 26.1 Å². The average molecular weight is 169 g/mol. The summed E-state index contributed by atoms with van der Waals surface area (Å²) in [5, 5.41) is 8.66. The van der Waals surface area contributed by atoms with Crippen molar-refractivity contribution in [3.63, 3.8) is 0 Å². The minimum absolute atomic E-state index is 0.664. The van der Waals surface area contributed by atoms with Gasteiger partial charge in [-0.25, -0.2) is 0 Å². The molecule has 0 radical (unpaired) electrons. The molecule has 0 aromatic carbocycles. The summed E-state index contributed by atoms with van der Waals surface area (Å²) in [4.78, 5) is 2.27. The summed E-state index contributed by atoms with van der Waals surface area (Å²) in [7, 11) is 0. The molecule has 0 saturated heterocycles. The van der Waals surface area contributed by atoms with Crippen LogP contribution in [0, 0.1) is 11.3 Å². The second kappa shape index (κ2) is 5.13. The molecule has 0 aromatic rings. The van der Waals surface area contributed by atoms with Crippen LogP contribution in [-0.4, -0.2) is 30.1 Å². The zero-order chi connectivity index (χ0) is 9.61. The molecule has 12 heavy (non-hydrogen) atoms. The highest BCUT2D eigenvalue weighted by atomic mass is 15.1. The highest BCUT2D eigenvalue weighted by Crippen LogP contribution is 2.04. The predicted octanol–water partition coefficient (Wildman–Crippen LogP) is 0.959. The van der Waals surface area contributed by atoms with Crippen molar-refractivity contribution in [2.24, 2.45) is 5.73 Å². The third kappa shape index (κ3) is 4.32. The minimum Gasteiger partial charge on any atom is -0.314 e. The van der Waals surface area contributed by atoms with Gasteiger partial charge in [-0.05, 0) is 26.4 Å². The van der Waals surface area contributed by atoms with Crippen LogP contribution in [-0.2, 0) is 0 Å². The third-order valence-electron chi connectivity index (χ3n) is 2.10. The van der Waals surface area contributed by atoms with Crippen LogP contribution in [0.15, 0.2) is 0 Å². The molecule has 0 saturated carbocycles. The van der Waals surface area contributed by atoms with E-state index in [1.165, 1.54) is 0 Å². The van der Waals surface area contributed by atoms with Crippen LogP contribution >= 0.6 is 0 Å². The Balaban J connectivity index is 3.75. The van der Waals surface area contributed by atoms with Gasteiger partial charge in [0.05, 0.1) is 6.07 Å². The highest BCUT2D eigenvalue weighted by Gasteiger charge is 2.17. The first-order valence-corrected chi connectivity index (χ1v) is 4.48. The Hall–Kier alpha value is -0.590. The molecule has 0 rings (SSSR count). The average Bonchev–Trinajstić information content (AvgIpc) is 2.06. The molecule has 0 aromatic heterocycles. The van der Waals surface area contributed by atoms with Gasteiger partial charge >= 0.3 is 0 Å². The fraction of sp³-hybridized carbons (Fsp3) is 0.889. The van der Waals surface area contributed by atoms with Crippen LogP contribution < -0.4 is 5.73 Å².